The van der Waals surface area contributed by atoms with Crippen molar-refractivity contribution >= 4 is 5.69 Å². The molecule has 1 saturated heterocycles. The molecule has 1 N–H and O–H groups in total. The first-order valence-corrected chi connectivity index (χ1v) is 8.46. The number of aromatic nitrogens is 1. The van der Waals surface area contributed by atoms with Crippen LogP contribution in [0.4, 0.5) is 5.69 Å². The van der Waals surface area contributed by atoms with Crippen LogP contribution in [0.1, 0.15) is 65.5 Å². The van der Waals surface area contributed by atoms with Crippen LogP contribution < -0.4 is 10.2 Å². The van der Waals surface area contributed by atoms with Crippen LogP contribution in [0.25, 0.3) is 0 Å². The summed E-state index contributed by atoms with van der Waals surface area (Å²) in [5.41, 5.74) is 2.63. The lowest BCUT2D eigenvalue weighted by atomic mass is 9.97. The van der Waals surface area contributed by atoms with E-state index in [1.54, 1.807) is 0 Å². The lowest BCUT2D eigenvalue weighted by Gasteiger charge is -2.37. The van der Waals surface area contributed by atoms with Crippen LogP contribution in [0.2, 0.25) is 0 Å². The Morgan fingerprint density at radius 1 is 1.33 bits per heavy atom. The normalized spacial score (nSPS) is 19.8. The Morgan fingerprint density at radius 2 is 2.14 bits per heavy atom. The maximum Gasteiger partial charge on any atom is 0.0562 e. The highest BCUT2D eigenvalue weighted by Gasteiger charge is 2.22. The van der Waals surface area contributed by atoms with E-state index in [0.29, 0.717) is 0 Å². The van der Waals surface area contributed by atoms with E-state index in [1.165, 1.54) is 44.3 Å². The van der Waals surface area contributed by atoms with Crippen LogP contribution in [-0.4, -0.2) is 23.1 Å². The predicted molar refractivity (Wildman–Crippen MR) is 90.7 cm³/mol. The minimum absolute atomic E-state index is 0.132. The number of pyridine rings is 1. The molecule has 0 aromatic carbocycles. The van der Waals surface area contributed by atoms with Crippen molar-refractivity contribution in [1.82, 2.24) is 10.3 Å². The van der Waals surface area contributed by atoms with Gasteiger partial charge in [0.1, 0.15) is 0 Å². The molecule has 1 unspecified atom stereocenters. The molecule has 0 radical (unpaired) electrons. The van der Waals surface area contributed by atoms with E-state index < -0.39 is 0 Å². The minimum atomic E-state index is 0.132. The Bertz CT molecular complexity index is 434. The highest BCUT2D eigenvalue weighted by molar-refractivity contribution is 5.48. The average molecular weight is 289 g/mol. The summed E-state index contributed by atoms with van der Waals surface area (Å²) < 4.78 is 0. The van der Waals surface area contributed by atoms with Crippen molar-refractivity contribution in [2.45, 2.75) is 77.9 Å². The number of anilines is 1. The number of hydrogen-bond acceptors (Lipinski definition) is 3. The Morgan fingerprint density at radius 3 is 2.86 bits per heavy atom. The van der Waals surface area contributed by atoms with Crippen molar-refractivity contribution in [2.24, 2.45) is 0 Å². The van der Waals surface area contributed by atoms with E-state index in [-0.39, 0.29) is 5.54 Å². The fraction of sp³-hybridized carbons (Fsp3) is 0.722. The summed E-state index contributed by atoms with van der Waals surface area (Å²) >= 11 is 0. The highest BCUT2D eigenvalue weighted by atomic mass is 15.2. The van der Waals surface area contributed by atoms with Gasteiger partial charge in [-0.3, -0.25) is 4.98 Å². The van der Waals surface area contributed by atoms with Crippen molar-refractivity contribution < 1.29 is 0 Å². The number of nitrogens with zero attached hydrogens (tertiary/aromatic N) is 2. The van der Waals surface area contributed by atoms with E-state index in [9.17, 15) is 0 Å². The van der Waals surface area contributed by atoms with Crippen molar-refractivity contribution in [3.63, 3.8) is 0 Å². The molecular weight excluding hydrogens is 258 g/mol. The third-order valence-corrected chi connectivity index (χ3v) is 4.18. The molecule has 0 bridgehead atoms. The summed E-state index contributed by atoms with van der Waals surface area (Å²) in [6, 6.07) is 5.16. The van der Waals surface area contributed by atoms with Crippen LogP contribution in [0.3, 0.4) is 0 Å². The fourth-order valence-corrected chi connectivity index (χ4v) is 3.07. The van der Waals surface area contributed by atoms with E-state index in [0.717, 1.165) is 18.3 Å². The molecule has 0 amide bonds. The largest absolute Gasteiger partial charge is 0.368 e. The average Bonchev–Trinajstić information content (AvgIpc) is 2.46. The van der Waals surface area contributed by atoms with Gasteiger partial charge >= 0.3 is 0 Å². The molecule has 3 nitrogen and oxygen atoms in total. The molecule has 0 saturated carbocycles. The lowest BCUT2D eigenvalue weighted by Crippen LogP contribution is -2.39. The van der Waals surface area contributed by atoms with Crippen LogP contribution in [-0.2, 0) is 6.54 Å². The quantitative estimate of drug-likeness (QED) is 0.883. The van der Waals surface area contributed by atoms with Gasteiger partial charge in [-0.1, -0.05) is 13.3 Å². The van der Waals surface area contributed by atoms with E-state index in [4.69, 9.17) is 0 Å². The first-order valence-electron chi connectivity index (χ1n) is 8.46. The zero-order chi connectivity index (χ0) is 15.3. The molecule has 2 heterocycles. The molecule has 118 valence electrons. The van der Waals surface area contributed by atoms with Crippen LogP contribution in [0.5, 0.6) is 0 Å². The molecule has 1 aromatic heterocycles. The Hall–Kier alpha value is -1.09. The van der Waals surface area contributed by atoms with Gasteiger partial charge in [0, 0.05) is 36.6 Å². The second kappa shape index (κ2) is 7.26. The molecule has 1 aromatic rings. The summed E-state index contributed by atoms with van der Waals surface area (Å²) in [6.45, 7) is 10.9. The van der Waals surface area contributed by atoms with Gasteiger partial charge in [-0.15, -0.1) is 0 Å². The maximum atomic E-state index is 4.52. The van der Waals surface area contributed by atoms with Crippen molar-refractivity contribution in [1.29, 1.82) is 0 Å². The second-order valence-corrected chi connectivity index (χ2v) is 7.24. The van der Waals surface area contributed by atoms with Crippen LogP contribution in [0.15, 0.2) is 18.3 Å². The fourth-order valence-electron chi connectivity index (χ4n) is 3.07. The zero-order valence-electron chi connectivity index (χ0n) is 14.2. The molecule has 3 heteroatoms. The first-order chi connectivity index (χ1) is 9.99. The molecule has 1 aliphatic rings. The smallest absolute Gasteiger partial charge is 0.0562 e. The van der Waals surface area contributed by atoms with Gasteiger partial charge in [0.15, 0.2) is 0 Å². The van der Waals surface area contributed by atoms with Crippen molar-refractivity contribution in [3.05, 3.63) is 24.0 Å². The first kappa shape index (κ1) is 16.3. The monoisotopic (exact) mass is 289 g/mol. The van der Waals surface area contributed by atoms with Gasteiger partial charge < -0.3 is 10.2 Å². The summed E-state index contributed by atoms with van der Waals surface area (Å²) in [5.74, 6) is 0. The second-order valence-electron chi connectivity index (χ2n) is 7.24. The maximum absolute atomic E-state index is 4.52. The van der Waals surface area contributed by atoms with E-state index >= 15 is 0 Å². The molecule has 1 aliphatic heterocycles. The molecule has 0 aliphatic carbocycles. The van der Waals surface area contributed by atoms with Crippen molar-refractivity contribution in [3.8, 4) is 0 Å². The van der Waals surface area contributed by atoms with Gasteiger partial charge in [-0.25, -0.2) is 0 Å². The molecule has 2 rings (SSSR count). The Labute approximate surface area is 130 Å². The number of nitrogens with one attached hydrogen (secondary N) is 1. The third kappa shape index (κ3) is 4.99. The van der Waals surface area contributed by atoms with Gasteiger partial charge in [0.25, 0.3) is 0 Å². The summed E-state index contributed by atoms with van der Waals surface area (Å²) in [6.07, 6.45) is 8.57. The van der Waals surface area contributed by atoms with Gasteiger partial charge in [-0.05, 0) is 58.6 Å². The summed E-state index contributed by atoms with van der Waals surface area (Å²) in [4.78, 5) is 7.13. The van der Waals surface area contributed by atoms with Gasteiger partial charge in [-0.2, -0.15) is 0 Å². The van der Waals surface area contributed by atoms with Crippen LogP contribution in [0, 0.1) is 0 Å². The number of hydrogen-bond donors (Lipinski definition) is 1. The molecule has 0 spiro atoms. The molecule has 21 heavy (non-hydrogen) atoms. The Balaban J connectivity index is 2.08. The molecular formula is C18H31N3. The zero-order valence-corrected chi connectivity index (χ0v) is 14.2. The summed E-state index contributed by atoms with van der Waals surface area (Å²) in [7, 11) is 0. The minimum Gasteiger partial charge on any atom is -0.368 e. The Kier molecular flexibility index (Phi) is 5.63. The summed E-state index contributed by atoms with van der Waals surface area (Å²) in [5, 5.41) is 3.52. The van der Waals surface area contributed by atoms with E-state index in [2.05, 4.69) is 55.0 Å². The van der Waals surface area contributed by atoms with Gasteiger partial charge in [0.05, 0.1) is 5.69 Å². The standard InChI is InChI=1S/C18H31N3/c1-5-8-16-9-6-7-12-21(16)17-10-11-19-15(13-17)14-20-18(2,3)4/h10-11,13,16,20H,5-9,12,14H2,1-4H3. The van der Waals surface area contributed by atoms with Gasteiger partial charge in [0.2, 0.25) is 0 Å². The van der Waals surface area contributed by atoms with E-state index in [1.807, 2.05) is 6.20 Å². The van der Waals surface area contributed by atoms with Crippen LogP contribution >= 0.6 is 0 Å². The number of rotatable bonds is 5. The topological polar surface area (TPSA) is 28.2 Å². The van der Waals surface area contributed by atoms with Crippen molar-refractivity contribution in [2.75, 3.05) is 11.4 Å². The lowest BCUT2D eigenvalue weighted by molar-refractivity contribution is 0.420. The highest BCUT2D eigenvalue weighted by Crippen LogP contribution is 2.27. The molecule has 1 atom stereocenters. The SMILES string of the molecule is CCCC1CCCCN1c1ccnc(CNC(C)(C)C)c1. The molecule has 1 fully saturated rings. The third-order valence-electron chi connectivity index (χ3n) is 4.18. The number of piperidine rings is 1. The predicted octanol–water partition coefficient (Wildman–Crippen LogP) is 4.13.